The summed E-state index contributed by atoms with van der Waals surface area (Å²) in [7, 11) is 0. The Kier molecular flexibility index (Phi) is 0.978. The van der Waals surface area contributed by atoms with Gasteiger partial charge in [-0.15, -0.1) is 0 Å². The topological polar surface area (TPSA) is 41.8 Å². The Morgan fingerprint density at radius 3 is 3.14 bits per heavy atom. The maximum atomic E-state index is 8.21. The summed E-state index contributed by atoms with van der Waals surface area (Å²) < 4.78 is 4.63. The summed E-state index contributed by atoms with van der Waals surface area (Å²) in [4.78, 5) is 3.62. The molecule has 0 saturated heterocycles. The molecule has 0 aliphatic carbocycles. The first-order chi connectivity index (χ1) is 3.43. The van der Waals surface area contributed by atoms with Gasteiger partial charge in [0.25, 0.3) is 0 Å². The van der Waals surface area contributed by atoms with Gasteiger partial charge in [-0.1, -0.05) is 0 Å². The third-order valence-electron chi connectivity index (χ3n) is 0.673. The van der Waals surface area contributed by atoms with E-state index in [0.717, 1.165) is 6.26 Å². The number of rotatable bonds is 0. The highest BCUT2D eigenvalue weighted by Crippen LogP contribution is 1.99. The van der Waals surface area contributed by atoms with E-state index >= 15 is 0 Å². The second-order valence-corrected chi connectivity index (χ2v) is 1.17. The third-order valence-corrected chi connectivity index (χ3v) is 0.673. The Bertz CT molecular complexity index is 114. The van der Waals surface area contributed by atoms with E-state index in [2.05, 4.69) is 9.73 Å². The fourth-order valence-electron chi connectivity index (χ4n) is 0.335. The van der Waals surface area contributed by atoms with Crippen molar-refractivity contribution in [2.24, 2.45) is 4.99 Å². The first kappa shape index (κ1) is 4.18. The summed E-state index contributed by atoms with van der Waals surface area (Å²) in [6.45, 7) is 0.399. The molecule has 0 atom stereocenters. The zero-order chi connectivity index (χ0) is 5.11. The van der Waals surface area contributed by atoms with E-state index in [1.807, 2.05) is 0 Å². The van der Waals surface area contributed by atoms with Gasteiger partial charge >= 0.3 is 0 Å². The van der Waals surface area contributed by atoms with Crippen LogP contribution in [0.4, 0.5) is 0 Å². The molecule has 0 aromatic heterocycles. The predicted molar refractivity (Wildman–Crippen MR) is 25.2 cm³/mol. The lowest BCUT2D eigenvalue weighted by atomic mass is 10.5. The summed E-state index contributed by atoms with van der Waals surface area (Å²) in [6.07, 6.45) is 2.24. The molecule has 1 rings (SSSR count). The van der Waals surface area contributed by atoms with E-state index in [9.17, 15) is 0 Å². The molecule has 0 fully saturated rings. The number of hydrogen-bond acceptors (Lipinski definition) is 3. The van der Waals surface area contributed by atoms with Crippen LogP contribution in [-0.4, -0.2) is 18.1 Å². The second kappa shape index (κ2) is 1.64. The molecule has 0 aromatic carbocycles. The molecule has 0 saturated carbocycles. The van der Waals surface area contributed by atoms with Crippen molar-refractivity contribution in [3.8, 4) is 0 Å². The standard InChI is InChI=1S/C4H5NO2/c6-1-4-2-7-3-5-4/h1,3,6H,2H2. The van der Waals surface area contributed by atoms with E-state index in [1.54, 1.807) is 0 Å². The number of aliphatic hydroxyl groups is 1. The summed E-state index contributed by atoms with van der Waals surface area (Å²) in [5.74, 6) is 0. The van der Waals surface area contributed by atoms with Crippen LogP contribution in [0.2, 0.25) is 0 Å². The first-order valence-corrected chi connectivity index (χ1v) is 1.91. The highest BCUT2D eigenvalue weighted by molar-refractivity contribution is 5.52. The van der Waals surface area contributed by atoms with Gasteiger partial charge in [0.1, 0.15) is 18.6 Å². The molecule has 0 aromatic rings. The van der Waals surface area contributed by atoms with E-state index in [0.29, 0.717) is 12.3 Å². The van der Waals surface area contributed by atoms with Gasteiger partial charge in [-0.3, -0.25) is 0 Å². The minimum Gasteiger partial charge on any atom is -0.514 e. The lowest BCUT2D eigenvalue weighted by Crippen LogP contribution is -1.81. The summed E-state index contributed by atoms with van der Waals surface area (Å²) >= 11 is 0. The van der Waals surface area contributed by atoms with Crippen molar-refractivity contribution in [3.05, 3.63) is 12.0 Å². The van der Waals surface area contributed by atoms with Crippen molar-refractivity contribution in [3.63, 3.8) is 0 Å². The van der Waals surface area contributed by atoms with Crippen molar-refractivity contribution in [2.45, 2.75) is 0 Å². The molecule has 0 amide bonds. The third kappa shape index (κ3) is 0.707. The Morgan fingerprint density at radius 1 is 2.00 bits per heavy atom. The molecule has 0 spiro atoms. The molecule has 0 radical (unpaired) electrons. The normalized spacial score (nSPS) is 23.1. The SMILES string of the molecule is OC=C1COC=N1. The van der Waals surface area contributed by atoms with Gasteiger partial charge in [0.15, 0.2) is 6.40 Å². The van der Waals surface area contributed by atoms with Gasteiger partial charge in [0, 0.05) is 0 Å². The van der Waals surface area contributed by atoms with E-state index in [4.69, 9.17) is 5.11 Å². The zero-order valence-electron chi connectivity index (χ0n) is 3.66. The lowest BCUT2D eigenvalue weighted by Gasteiger charge is -1.82. The van der Waals surface area contributed by atoms with Crippen LogP contribution in [0.3, 0.4) is 0 Å². The molecule has 1 heterocycles. The smallest absolute Gasteiger partial charge is 0.175 e. The van der Waals surface area contributed by atoms with Crippen LogP contribution in [0.15, 0.2) is 17.0 Å². The number of ether oxygens (including phenoxy) is 1. The van der Waals surface area contributed by atoms with Gasteiger partial charge in [-0.25, -0.2) is 4.99 Å². The second-order valence-electron chi connectivity index (χ2n) is 1.17. The minimum absolute atomic E-state index is 0.399. The molecular weight excluding hydrogens is 94.0 g/mol. The lowest BCUT2D eigenvalue weighted by molar-refractivity contribution is 0.369. The number of aliphatic imine (C=N–C) groups is 1. The van der Waals surface area contributed by atoms with Crippen molar-refractivity contribution in [1.29, 1.82) is 0 Å². The van der Waals surface area contributed by atoms with Crippen LogP contribution in [0.5, 0.6) is 0 Å². The van der Waals surface area contributed by atoms with Crippen molar-refractivity contribution in [2.75, 3.05) is 6.61 Å². The highest BCUT2D eigenvalue weighted by Gasteiger charge is 1.97. The van der Waals surface area contributed by atoms with Crippen molar-refractivity contribution < 1.29 is 9.84 Å². The van der Waals surface area contributed by atoms with Gasteiger partial charge < -0.3 is 9.84 Å². The van der Waals surface area contributed by atoms with Crippen molar-refractivity contribution in [1.82, 2.24) is 0 Å². The largest absolute Gasteiger partial charge is 0.514 e. The predicted octanol–water partition coefficient (Wildman–Crippen LogP) is 0.444. The van der Waals surface area contributed by atoms with Gasteiger partial charge in [0.2, 0.25) is 0 Å². The quantitative estimate of drug-likeness (QED) is 0.448. The summed E-state index contributed by atoms with van der Waals surface area (Å²) in [5.41, 5.74) is 0.569. The number of nitrogens with zero attached hydrogens (tertiary/aromatic N) is 1. The highest BCUT2D eigenvalue weighted by atomic mass is 16.5. The molecule has 3 heteroatoms. The van der Waals surface area contributed by atoms with Crippen LogP contribution in [0.25, 0.3) is 0 Å². The van der Waals surface area contributed by atoms with Crippen LogP contribution in [0, 0.1) is 0 Å². The van der Waals surface area contributed by atoms with E-state index in [1.165, 1.54) is 6.40 Å². The van der Waals surface area contributed by atoms with Gasteiger partial charge in [-0.2, -0.15) is 0 Å². The summed E-state index contributed by atoms with van der Waals surface area (Å²) in [6, 6.07) is 0. The molecule has 1 aliphatic heterocycles. The Labute approximate surface area is 40.9 Å². The average Bonchev–Trinajstić information content (AvgIpc) is 2.14. The number of hydrogen-bond donors (Lipinski definition) is 1. The average molecular weight is 99.1 g/mol. The molecule has 3 nitrogen and oxygen atoms in total. The van der Waals surface area contributed by atoms with Crippen LogP contribution >= 0.6 is 0 Å². The Hall–Kier alpha value is -0.990. The van der Waals surface area contributed by atoms with Crippen molar-refractivity contribution >= 4 is 6.40 Å². The molecule has 0 bridgehead atoms. The van der Waals surface area contributed by atoms with Gasteiger partial charge in [0.05, 0.1) is 0 Å². The zero-order valence-corrected chi connectivity index (χ0v) is 3.66. The van der Waals surface area contributed by atoms with Crippen LogP contribution < -0.4 is 0 Å². The number of aliphatic hydroxyl groups excluding tert-OH is 1. The Morgan fingerprint density at radius 2 is 2.86 bits per heavy atom. The minimum atomic E-state index is 0.399. The van der Waals surface area contributed by atoms with Crippen LogP contribution in [-0.2, 0) is 4.74 Å². The fourth-order valence-corrected chi connectivity index (χ4v) is 0.335. The summed E-state index contributed by atoms with van der Waals surface area (Å²) in [5, 5.41) is 8.21. The molecule has 1 aliphatic rings. The molecule has 7 heavy (non-hydrogen) atoms. The van der Waals surface area contributed by atoms with Crippen LogP contribution in [0.1, 0.15) is 0 Å². The van der Waals surface area contributed by atoms with Gasteiger partial charge in [-0.05, 0) is 0 Å². The molecule has 38 valence electrons. The molecular formula is C4H5NO2. The van der Waals surface area contributed by atoms with E-state index in [-0.39, 0.29) is 0 Å². The van der Waals surface area contributed by atoms with E-state index < -0.39 is 0 Å². The molecule has 0 unspecified atom stereocenters. The monoisotopic (exact) mass is 99.0 g/mol. The maximum absolute atomic E-state index is 8.21. The molecule has 1 N–H and O–H groups in total. The first-order valence-electron chi connectivity index (χ1n) is 1.91. The maximum Gasteiger partial charge on any atom is 0.175 e. The Balaban J connectivity index is 2.59. The fraction of sp³-hybridized carbons (Fsp3) is 0.250.